The Morgan fingerprint density at radius 1 is 1.28 bits per heavy atom. The van der Waals surface area contributed by atoms with Gasteiger partial charge in [0.15, 0.2) is 0 Å². The van der Waals surface area contributed by atoms with Gasteiger partial charge in [0.2, 0.25) is 0 Å². The molecule has 2 aromatic heterocycles. The molecule has 0 saturated heterocycles. The van der Waals surface area contributed by atoms with Crippen molar-refractivity contribution >= 4 is 11.7 Å². The van der Waals surface area contributed by atoms with Gasteiger partial charge in [0.05, 0.1) is 49.6 Å². The highest BCUT2D eigenvalue weighted by molar-refractivity contribution is 5.89. The topological polar surface area (TPSA) is 72.3 Å². The fourth-order valence-electron chi connectivity index (χ4n) is 3.55. The Hall–Kier alpha value is -2.41. The maximum atomic E-state index is 12.6. The lowest BCUT2D eigenvalue weighted by atomic mass is 10.1. The van der Waals surface area contributed by atoms with Crippen LogP contribution in [0.25, 0.3) is 0 Å². The lowest BCUT2D eigenvalue weighted by molar-refractivity contribution is 0.109. The van der Waals surface area contributed by atoms with Gasteiger partial charge in [-0.1, -0.05) is 0 Å². The molecule has 7 nitrogen and oxygen atoms in total. The molecule has 0 aromatic carbocycles. The largest absolute Gasteiger partial charge is 0.376 e. The maximum absolute atomic E-state index is 12.6. The molecule has 25 heavy (non-hydrogen) atoms. The number of nitrogens with one attached hydrogen (secondary N) is 1. The van der Waals surface area contributed by atoms with Gasteiger partial charge in [-0.3, -0.25) is 9.67 Å². The van der Waals surface area contributed by atoms with Gasteiger partial charge in [-0.15, -0.1) is 0 Å². The molecule has 0 spiro atoms. The average molecular weight is 339 g/mol. The summed E-state index contributed by atoms with van der Waals surface area (Å²) < 4.78 is 7.52. The highest BCUT2D eigenvalue weighted by Crippen LogP contribution is 2.39. The Kier molecular flexibility index (Phi) is 3.48. The fourth-order valence-corrected chi connectivity index (χ4v) is 3.55. The van der Waals surface area contributed by atoms with E-state index in [9.17, 15) is 4.79 Å². The van der Waals surface area contributed by atoms with Gasteiger partial charge in [-0.25, -0.2) is 4.79 Å². The first-order valence-corrected chi connectivity index (χ1v) is 8.94. The second-order valence-electron chi connectivity index (χ2n) is 7.04. The van der Waals surface area contributed by atoms with Gasteiger partial charge in [0.25, 0.3) is 0 Å². The van der Waals surface area contributed by atoms with Crippen molar-refractivity contribution in [1.29, 1.82) is 0 Å². The minimum atomic E-state index is -0.0844. The van der Waals surface area contributed by atoms with Gasteiger partial charge in [-0.2, -0.15) is 5.10 Å². The number of amides is 2. The van der Waals surface area contributed by atoms with Crippen molar-refractivity contribution in [3.05, 3.63) is 41.0 Å². The van der Waals surface area contributed by atoms with Crippen LogP contribution < -0.4 is 5.32 Å². The molecule has 1 saturated carbocycles. The van der Waals surface area contributed by atoms with Crippen LogP contribution in [-0.2, 0) is 30.9 Å². The molecule has 1 N–H and O–H groups in total. The number of urea groups is 1. The molecule has 4 heterocycles. The van der Waals surface area contributed by atoms with E-state index in [2.05, 4.69) is 26.1 Å². The smallest absolute Gasteiger partial charge is 0.322 e. The van der Waals surface area contributed by atoms with Crippen LogP contribution in [0.3, 0.4) is 0 Å². The first-order valence-electron chi connectivity index (χ1n) is 8.94. The third-order valence-corrected chi connectivity index (χ3v) is 5.15. The minimum absolute atomic E-state index is 0.0844. The fraction of sp³-hybridized carbons (Fsp3) is 0.500. The number of anilines is 1. The number of nitrogens with zero attached hydrogens (tertiary/aromatic N) is 4. The molecule has 2 aliphatic heterocycles. The Labute approximate surface area is 146 Å². The van der Waals surface area contributed by atoms with Gasteiger partial charge < -0.3 is 15.0 Å². The summed E-state index contributed by atoms with van der Waals surface area (Å²) >= 11 is 0. The molecule has 0 atom stereocenters. The normalized spacial score (nSPS) is 19.3. The summed E-state index contributed by atoms with van der Waals surface area (Å²) in [5.41, 5.74) is 5.18. The van der Waals surface area contributed by atoms with Gasteiger partial charge >= 0.3 is 6.03 Å². The maximum Gasteiger partial charge on any atom is 0.322 e. The zero-order valence-corrected chi connectivity index (χ0v) is 14.1. The van der Waals surface area contributed by atoms with Gasteiger partial charge in [0.1, 0.15) is 0 Å². The molecule has 0 radical (unpaired) electrons. The van der Waals surface area contributed by atoms with Crippen LogP contribution in [0.1, 0.15) is 41.4 Å². The van der Waals surface area contributed by atoms with Crippen LogP contribution in [0.2, 0.25) is 0 Å². The van der Waals surface area contributed by atoms with E-state index in [0.29, 0.717) is 25.6 Å². The van der Waals surface area contributed by atoms with Gasteiger partial charge in [-0.05, 0) is 25.0 Å². The minimum Gasteiger partial charge on any atom is -0.376 e. The number of fused-ring (bicyclic) bond motifs is 2. The number of aromatic nitrogens is 3. The summed E-state index contributed by atoms with van der Waals surface area (Å²) in [6.45, 7) is 3.32. The SMILES string of the molecule is O=C(Nc1cnc2c(c1)COCC2)N1CCn2nc(C3CC3)cc2C1. The summed E-state index contributed by atoms with van der Waals surface area (Å²) in [7, 11) is 0. The zero-order chi connectivity index (χ0) is 16.8. The third kappa shape index (κ3) is 2.89. The van der Waals surface area contributed by atoms with E-state index in [1.165, 1.54) is 18.5 Å². The molecule has 0 unspecified atom stereocenters. The number of rotatable bonds is 2. The van der Waals surface area contributed by atoms with E-state index >= 15 is 0 Å². The summed E-state index contributed by atoms with van der Waals surface area (Å²) in [6, 6.07) is 4.05. The van der Waals surface area contributed by atoms with Crippen LogP contribution in [0.4, 0.5) is 10.5 Å². The molecule has 130 valence electrons. The standard InChI is InChI=1S/C18H21N5O2/c24-18(20-14-7-13-11-25-6-3-16(13)19-9-14)22-4-5-23-15(10-22)8-17(21-23)12-1-2-12/h7-9,12H,1-6,10-11H2,(H,20,24). The first kappa shape index (κ1) is 14.9. The summed E-state index contributed by atoms with van der Waals surface area (Å²) in [5, 5.41) is 7.65. The summed E-state index contributed by atoms with van der Waals surface area (Å²) in [5.74, 6) is 0.643. The van der Waals surface area contributed by atoms with Crippen molar-refractivity contribution in [1.82, 2.24) is 19.7 Å². The first-order chi connectivity index (χ1) is 12.3. The van der Waals surface area contributed by atoms with Crippen LogP contribution >= 0.6 is 0 Å². The van der Waals surface area contributed by atoms with Crippen molar-refractivity contribution in [3.8, 4) is 0 Å². The predicted octanol–water partition coefficient (Wildman–Crippen LogP) is 2.28. The number of hydrogen-bond acceptors (Lipinski definition) is 4. The summed E-state index contributed by atoms with van der Waals surface area (Å²) in [4.78, 5) is 18.9. The van der Waals surface area contributed by atoms with E-state index in [1.807, 2.05) is 11.0 Å². The number of hydrogen-bond donors (Lipinski definition) is 1. The Balaban J connectivity index is 1.28. The molecular weight excluding hydrogens is 318 g/mol. The lowest BCUT2D eigenvalue weighted by Crippen LogP contribution is -2.40. The Morgan fingerprint density at radius 3 is 3.08 bits per heavy atom. The number of carbonyl (C=O) groups is 1. The molecule has 1 aliphatic carbocycles. The zero-order valence-electron chi connectivity index (χ0n) is 14.1. The van der Waals surface area contributed by atoms with E-state index in [1.54, 1.807) is 6.20 Å². The number of ether oxygens (including phenoxy) is 1. The van der Waals surface area contributed by atoms with Crippen LogP contribution in [0.5, 0.6) is 0 Å². The molecule has 0 bridgehead atoms. The third-order valence-electron chi connectivity index (χ3n) is 5.15. The lowest BCUT2D eigenvalue weighted by Gasteiger charge is -2.28. The van der Waals surface area contributed by atoms with Crippen LogP contribution in [0, 0.1) is 0 Å². The Morgan fingerprint density at radius 2 is 2.20 bits per heavy atom. The van der Waals surface area contributed by atoms with Crippen molar-refractivity contribution < 1.29 is 9.53 Å². The van der Waals surface area contributed by atoms with Crippen molar-refractivity contribution in [2.45, 2.75) is 44.9 Å². The monoisotopic (exact) mass is 339 g/mol. The second kappa shape index (κ2) is 5.84. The van der Waals surface area contributed by atoms with Crippen molar-refractivity contribution in [2.75, 3.05) is 18.5 Å². The highest BCUT2D eigenvalue weighted by atomic mass is 16.5. The number of pyridine rings is 1. The molecule has 3 aliphatic rings. The van der Waals surface area contributed by atoms with Gasteiger partial charge in [0, 0.05) is 30.1 Å². The Bertz CT molecular complexity index is 827. The number of carbonyl (C=O) groups excluding carboxylic acids is 1. The molecular formula is C18H21N5O2. The second-order valence-corrected chi connectivity index (χ2v) is 7.04. The van der Waals surface area contributed by atoms with E-state index in [0.717, 1.165) is 42.2 Å². The van der Waals surface area contributed by atoms with Crippen LogP contribution in [0.15, 0.2) is 18.3 Å². The van der Waals surface area contributed by atoms with Crippen molar-refractivity contribution in [2.24, 2.45) is 0 Å². The molecule has 7 heteroatoms. The molecule has 1 fully saturated rings. The van der Waals surface area contributed by atoms with Crippen LogP contribution in [-0.4, -0.2) is 38.8 Å². The molecule has 2 amide bonds. The molecule has 2 aromatic rings. The van der Waals surface area contributed by atoms with E-state index in [-0.39, 0.29) is 6.03 Å². The van der Waals surface area contributed by atoms with Crippen molar-refractivity contribution in [3.63, 3.8) is 0 Å². The summed E-state index contributed by atoms with van der Waals surface area (Å²) in [6.07, 6.45) is 5.07. The van der Waals surface area contributed by atoms with E-state index < -0.39 is 0 Å². The highest BCUT2D eigenvalue weighted by Gasteiger charge is 2.29. The van der Waals surface area contributed by atoms with E-state index in [4.69, 9.17) is 4.74 Å². The quantitative estimate of drug-likeness (QED) is 0.911. The average Bonchev–Trinajstić information content (AvgIpc) is 3.40. The predicted molar refractivity (Wildman–Crippen MR) is 91.2 cm³/mol. The molecule has 5 rings (SSSR count).